The van der Waals surface area contributed by atoms with Crippen LogP contribution in [0.5, 0.6) is 5.75 Å². The molecule has 0 bridgehead atoms. The van der Waals surface area contributed by atoms with E-state index in [1.807, 2.05) is 18.2 Å². The fraction of sp³-hybridized carbons (Fsp3) is 0.538. The summed E-state index contributed by atoms with van der Waals surface area (Å²) in [6.07, 6.45) is 0.511. The Balaban J connectivity index is 2.55. The zero-order chi connectivity index (χ0) is 12.0. The van der Waals surface area contributed by atoms with Crippen LogP contribution in [-0.4, -0.2) is 24.9 Å². The van der Waals surface area contributed by atoms with Gasteiger partial charge in [-0.25, -0.2) is 0 Å². The van der Waals surface area contributed by atoms with Crippen LogP contribution in [0.3, 0.4) is 0 Å². The highest BCUT2D eigenvalue weighted by molar-refractivity contribution is 5.35. The summed E-state index contributed by atoms with van der Waals surface area (Å²) in [5.74, 6) is 0.902. The van der Waals surface area contributed by atoms with E-state index in [9.17, 15) is 5.11 Å². The van der Waals surface area contributed by atoms with Crippen LogP contribution in [0.1, 0.15) is 31.9 Å². The maximum Gasteiger partial charge on any atom is 0.123 e. The summed E-state index contributed by atoms with van der Waals surface area (Å²) < 4.78 is 5.30. The number of aliphatic hydroxyl groups excluding tert-OH is 1. The van der Waals surface area contributed by atoms with E-state index in [4.69, 9.17) is 4.74 Å². The number of rotatable bonds is 6. The zero-order valence-electron chi connectivity index (χ0n) is 10.2. The summed E-state index contributed by atoms with van der Waals surface area (Å²) in [4.78, 5) is 0. The van der Waals surface area contributed by atoms with Crippen LogP contribution < -0.4 is 10.1 Å². The molecule has 0 saturated heterocycles. The first kappa shape index (κ1) is 13.0. The Morgan fingerprint density at radius 3 is 2.62 bits per heavy atom. The third kappa shape index (κ3) is 3.83. The Hall–Kier alpha value is -1.06. The van der Waals surface area contributed by atoms with Crippen LogP contribution in [0.15, 0.2) is 24.3 Å². The van der Waals surface area contributed by atoms with E-state index in [2.05, 4.69) is 18.3 Å². The Bertz CT molecular complexity index is 313. The molecule has 2 N–H and O–H groups in total. The van der Waals surface area contributed by atoms with E-state index in [0.717, 1.165) is 24.3 Å². The lowest BCUT2D eigenvalue weighted by Gasteiger charge is -2.17. The number of hydrogen-bond acceptors (Lipinski definition) is 3. The van der Waals surface area contributed by atoms with Gasteiger partial charge >= 0.3 is 0 Å². The van der Waals surface area contributed by atoms with Crippen LogP contribution in [0, 0.1) is 0 Å². The second-order valence-corrected chi connectivity index (χ2v) is 4.06. The van der Waals surface area contributed by atoms with Crippen molar-refractivity contribution in [3.05, 3.63) is 29.8 Å². The largest absolute Gasteiger partial charge is 0.496 e. The highest BCUT2D eigenvalue weighted by atomic mass is 16.5. The minimum atomic E-state index is -0.252. The van der Waals surface area contributed by atoms with Gasteiger partial charge < -0.3 is 15.2 Å². The molecular formula is C13H21NO2. The highest BCUT2D eigenvalue weighted by Crippen LogP contribution is 2.24. The molecule has 2 atom stereocenters. The quantitative estimate of drug-likeness (QED) is 0.776. The van der Waals surface area contributed by atoms with Crippen LogP contribution in [0.4, 0.5) is 0 Å². The third-order valence-electron chi connectivity index (χ3n) is 2.62. The van der Waals surface area contributed by atoms with E-state index in [-0.39, 0.29) is 12.1 Å². The molecule has 1 aromatic carbocycles. The Kier molecular flexibility index (Phi) is 5.29. The first-order chi connectivity index (χ1) is 7.65. The average molecular weight is 223 g/mol. The van der Waals surface area contributed by atoms with Gasteiger partial charge in [-0.3, -0.25) is 0 Å². The minimum absolute atomic E-state index is 0.231. The lowest BCUT2D eigenvalue weighted by molar-refractivity contribution is 0.182. The van der Waals surface area contributed by atoms with Gasteiger partial charge in [-0.15, -0.1) is 0 Å². The molecule has 0 aliphatic heterocycles. The van der Waals surface area contributed by atoms with E-state index in [1.54, 1.807) is 14.0 Å². The molecule has 0 spiro atoms. The molecule has 1 rings (SSSR count). The molecule has 0 aliphatic rings. The molecule has 16 heavy (non-hydrogen) atoms. The van der Waals surface area contributed by atoms with Crippen molar-refractivity contribution in [3.8, 4) is 5.75 Å². The molecule has 0 saturated carbocycles. The predicted octanol–water partition coefficient (Wildman–Crippen LogP) is 2.12. The van der Waals surface area contributed by atoms with Crippen molar-refractivity contribution in [3.63, 3.8) is 0 Å². The number of para-hydroxylation sites is 1. The molecule has 0 aliphatic carbocycles. The second-order valence-electron chi connectivity index (χ2n) is 4.06. The summed E-state index contributed by atoms with van der Waals surface area (Å²) in [5, 5.41) is 12.5. The molecule has 3 nitrogen and oxygen atoms in total. The van der Waals surface area contributed by atoms with Crippen molar-refractivity contribution >= 4 is 0 Å². The van der Waals surface area contributed by atoms with E-state index in [0.29, 0.717) is 0 Å². The molecular weight excluding hydrogens is 202 g/mol. The fourth-order valence-corrected chi connectivity index (χ4v) is 1.64. The molecule has 3 heteroatoms. The van der Waals surface area contributed by atoms with Crippen molar-refractivity contribution < 1.29 is 9.84 Å². The lowest BCUT2D eigenvalue weighted by Crippen LogP contribution is -2.22. The molecule has 0 aromatic heterocycles. The van der Waals surface area contributed by atoms with E-state index >= 15 is 0 Å². The Morgan fingerprint density at radius 2 is 2.00 bits per heavy atom. The van der Waals surface area contributed by atoms with E-state index < -0.39 is 0 Å². The topological polar surface area (TPSA) is 41.5 Å². The fourth-order valence-electron chi connectivity index (χ4n) is 1.64. The smallest absolute Gasteiger partial charge is 0.123 e. The maximum absolute atomic E-state index is 9.17. The number of nitrogens with one attached hydrogen (secondary N) is 1. The molecule has 0 fully saturated rings. The van der Waals surface area contributed by atoms with Crippen LogP contribution in [-0.2, 0) is 0 Å². The third-order valence-corrected chi connectivity index (χ3v) is 2.62. The van der Waals surface area contributed by atoms with E-state index in [1.165, 1.54) is 0 Å². The summed E-state index contributed by atoms with van der Waals surface area (Å²) in [5.41, 5.74) is 1.15. The van der Waals surface area contributed by atoms with Crippen molar-refractivity contribution in [2.45, 2.75) is 32.4 Å². The summed E-state index contributed by atoms with van der Waals surface area (Å²) in [6.45, 7) is 4.70. The normalized spacial score (nSPS) is 14.5. The summed E-state index contributed by atoms with van der Waals surface area (Å²) in [6, 6.07) is 8.21. The molecule has 2 unspecified atom stereocenters. The summed E-state index contributed by atoms with van der Waals surface area (Å²) >= 11 is 0. The Labute approximate surface area is 97.4 Å². The first-order valence-corrected chi connectivity index (χ1v) is 5.69. The van der Waals surface area contributed by atoms with Crippen LogP contribution in [0.2, 0.25) is 0 Å². The second kappa shape index (κ2) is 6.51. The first-order valence-electron chi connectivity index (χ1n) is 5.69. The van der Waals surface area contributed by atoms with Gasteiger partial charge in [0.2, 0.25) is 0 Å². The van der Waals surface area contributed by atoms with Crippen LogP contribution >= 0.6 is 0 Å². The van der Waals surface area contributed by atoms with Gasteiger partial charge in [0, 0.05) is 11.6 Å². The number of hydrogen-bond donors (Lipinski definition) is 2. The van der Waals surface area contributed by atoms with Gasteiger partial charge in [-0.05, 0) is 32.9 Å². The molecule has 0 amide bonds. The van der Waals surface area contributed by atoms with Gasteiger partial charge in [0.15, 0.2) is 0 Å². The molecule has 0 radical (unpaired) electrons. The molecule has 0 heterocycles. The van der Waals surface area contributed by atoms with Gasteiger partial charge in [-0.2, -0.15) is 0 Å². The SMILES string of the molecule is COc1ccccc1C(C)NCCC(C)O. The van der Waals surface area contributed by atoms with Gasteiger partial charge in [-0.1, -0.05) is 18.2 Å². The highest BCUT2D eigenvalue weighted by Gasteiger charge is 2.09. The number of methoxy groups -OCH3 is 1. The minimum Gasteiger partial charge on any atom is -0.496 e. The van der Waals surface area contributed by atoms with Crippen molar-refractivity contribution in [1.82, 2.24) is 5.32 Å². The molecule has 1 aromatic rings. The number of ether oxygens (including phenoxy) is 1. The predicted molar refractivity (Wildman–Crippen MR) is 65.7 cm³/mol. The number of aliphatic hydroxyl groups is 1. The van der Waals surface area contributed by atoms with Crippen molar-refractivity contribution in [2.24, 2.45) is 0 Å². The Morgan fingerprint density at radius 1 is 1.31 bits per heavy atom. The monoisotopic (exact) mass is 223 g/mol. The lowest BCUT2D eigenvalue weighted by atomic mass is 10.1. The number of benzene rings is 1. The van der Waals surface area contributed by atoms with Gasteiger partial charge in [0.1, 0.15) is 5.75 Å². The van der Waals surface area contributed by atoms with Crippen molar-refractivity contribution in [1.29, 1.82) is 0 Å². The summed E-state index contributed by atoms with van der Waals surface area (Å²) in [7, 11) is 1.68. The van der Waals surface area contributed by atoms with Gasteiger partial charge in [0.05, 0.1) is 13.2 Å². The van der Waals surface area contributed by atoms with Crippen LogP contribution in [0.25, 0.3) is 0 Å². The molecule has 90 valence electrons. The zero-order valence-corrected chi connectivity index (χ0v) is 10.2. The standard InChI is InChI=1S/C13H21NO2/c1-10(15)8-9-14-11(2)12-6-4-5-7-13(12)16-3/h4-7,10-11,14-15H,8-9H2,1-3H3. The average Bonchev–Trinajstić information content (AvgIpc) is 2.28. The van der Waals surface area contributed by atoms with Crippen molar-refractivity contribution in [2.75, 3.05) is 13.7 Å². The maximum atomic E-state index is 9.17. The van der Waals surface area contributed by atoms with Gasteiger partial charge in [0.25, 0.3) is 0 Å².